The molecule has 0 N–H and O–H groups in total. The van der Waals surface area contributed by atoms with E-state index in [-0.39, 0.29) is 5.91 Å². The Morgan fingerprint density at radius 3 is 2.96 bits per heavy atom. The van der Waals surface area contributed by atoms with Crippen LogP contribution < -0.4 is 0 Å². The highest BCUT2D eigenvalue weighted by molar-refractivity contribution is 5.92. The second kappa shape index (κ2) is 6.07. The summed E-state index contributed by atoms with van der Waals surface area (Å²) in [5.41, 5.74) is 3.74. The highest BCUT2D eigenvalue weighted by Gasteiger charge is 2.27. The fourth-order valence-corrected chi connectivity index (χ4v) is 3.54. The number of rotatable bonds is 2. The number of amides is 1. The molecule has 0 bridgehead atoms. The lowest BCUT2D eigenvalue weighted by Crippen LogP contribution is -2.39. The number of hydrogen-bond donors (Lipinski definition) is 0. The van der Waals surface area contributed by atoms with Crippen LogP contribution >= 0.6 is 0 Å². The standard InChI is InChI=1S/C19H20N4O/c1-14-12-23-17(8-4-9-18(23)21-14)15-6-5-11-22(13-15)19(24)16-7-2-3-10-20-16/h2-4,7-10,12,15H,5-6,11,13H2,1H3/t15-/m0/s1. The minimum absolute atomic E-state index is 0.0225. The molecule has 1 amide bonds. The third-order valence-corrected chi connectivity index (χ3v) is 4.66. The predicted octanol–water partition coefficient (Wildman–Crippen LogP) is 3.06. The molecule has 0 radical (unpaired) electrons. The molecule has 1 atom stereocenters. The van der Waals surface area contributed by atoms with Crippen molar-refractivity contribution in [1.29, 1.82) is 0 Å². The van der Waals surface area contributed by atoms with E-state index in [9.17, 15) is 4.79 Å². The van der Waals surface area contributed by atoms with Crippen molar-refractivity contribution in [2.45, 2.75) is 25.7 Å². The Morgan fingerprint density at radius 2 is 2.12 bits per heavy atom. The Hall–Kier alpha value is -2.69. The minimum atomic E-state index is 0.0225. The summed E-state index contributed by atoms with van der Waals surface area (Å²) < 4.78 is 2.16. The molecular formula is C19H20N4O. The first-order chi connectivity index (χ1) is 11.7. The van der Waals surface area contributed by atoms with Gasteiger partial charge in [-0.1, -0.05) is 12.1 Å². The monoisotopic (exact) mass is 320 g/mol. The van der Waals surface area contributed by atoms with Crippen molar-refractivity contribution in [3.8, 4) is 0 Å². The lowest BCUT2D eigenvalue weighted by Gasteiger charge is -2.33. The van der Waals surface area contributed by atoms with Gasteiger partial charge in [-0.2, -0.15) is 0 Å². The van der Waals surface area contributed by atoms with Crippen molar-refractivity contribution in [1.82, 2.24) is 19.3 Å². The zero-order valence-electron chi connectivity index (χ0n) is 13.7. The molecule has 0 saturated carbocycles. The molecule has 1 aliphatic rings. The van der Waals surface area contributed by atoms with Crippen LogP contribution in [-0.4, -0.2) is 38.3 Å². The molecule has 5 heteroatoms. The molecule has 1 fully saturated rings. The summed E-state index contributed by atoms with van der Waals surface area (Å²) in [6, 6.07) is 11.7. The van der Waals surface area contributed by atoms with Crippen molar-refractivity contribution in [3.63, 3.8) is 0 Å². The van der Waals surface area contributed by atoms with Gasteiger partial charge in [-0.3, -0.25) is 9.78 Å². The Morgan fingerprint density at radius 1 is 1.21 bits per heavy atom. The van der Waals surface area contributed by atoms with E-state index >= 15 is 0 Å². The first kappa shape index (κ1) is 14.9. The third-order valence-electron chi connectivity index (χ3n) is 4.66. The molecule has 4 heterocycles. The molecule has 3 aromatic heterocycles. The number of aryl methyl sites for hydroxylation is 1. The Labute approximate surface area is 141 Å². The molecule has 24 heavy (non-hydrogen) atoms. The van der Waals surface area contributed by atoms with Crippen LogP contribution in [-0.2, 0) is 0 Å². The van der Waals surface area contributed by atoms with Crippen LogP contribution in [0.3, 0.4) is 0 Å². The van der Waals surface area contributed by atoms with E-state index in [0.717, 1.165) is 37.3 Å². The fraction of sp³-hybridized carbons (Fsp3) is 0.316. The van der Waals surface area contributed by atoms with Gasteiger partial charge in [0.15, 0.2) is 0 Å². The van der Waals surface area contributed by atoms with Gasteiger partial charge in [-0.25, -0.2) is 4.98 Å². The van der Waals surface area contributed by atoms with Crippen LogP contribution in [0.2, 0.25) is 0 Å². The topological polar surface area (TPSA) is 50.5 Å². The summed E-state index contributed by atoms with van der Waals surface area (Å²) in [6.07, 6.45) is 5.84. The average Bonchev–Trinajstić information content (AvgIpc) is 3.02. The molecule has 4 rings (SSSR count). The minimum Gasteiger partial charge on any atom is -0.337 e. The lowest BCUT2D eigenvalue weighted by atomic mass is 9.93. The van der Waals surface area contributed by atoms with E-state index in [4.69, 9.17) is 0 Å². The van der Waals surface area contributed by atoms with Gasteiger partial charge >= 0.3 is 0 Å². The molecule has 1 saturated heterocycles. The number of nitrogens with zero attached hydrogens (tertiary/aromatic N) is 4. The van der Waals surface area contributed by atoms with E-state index < -0.39 is 0 Å². The molecule has 0 spiro atoms. The third kappa shape index (κ3) is 2.66. The summed E-state index contributed by atoms with van der Waals surface area (Å²) in [7, 11) is 0. The summed E-state index contributed by atoms with van der Waals surface area (Å²) in [5, 5.41) is 0. The number of piperidine rings is 1. The average molecular weight is 320 g/mol. The quantitative estimate of drug-likeness (QED) is 0.729. The summed E-state index contributed by atoms with van der Waals surface area (Å²) in [4.78, 5) is 23.4. The molecule has 5 nitrogen and oxygen atoms in total. The van der Waals surface area contributed by atoms with Crippen molar-refractivity contribution in [3.05, 3.63) is 65.9 Å². The van der Waals surface area contributed by atoms with Crippen LogP contribution in [0.4, 0.5) is 0 Å². The van der Waals surface area contributed by atoms with Crippen LogP contribution in [0.15, 0.2) is 48.8 Å². The summed E-state index contributed by atoms with van der Waals surface area (Å²) >= 11 is 0. The second-order valence-electron chi connectivity index (χ2n) is 6.37. The van der Waals surface area contributed by atoms with Crippen LogP contribution in [0.25, 0.3) is 5.65 Å². The van der Waals surface area contributed by atoms with Crippen molar-refractivity contribution < 1.29 is 4.79 Å². The van der Waals surface area contributed by atoms with Crippen LogP contribution in [0.1, 0.15) is 40.6 Å². The van der Waals surface area contributed by atoms with Crippen molar-refractivity contribution in [2.24, 2.45) is 0 Å². The van der Waals surface area contributed by atoms with Gasteiger partial charge in [0.1, 0.15) is 11.3 Å². The molecule has 0 aliphatic carbocycles. The van der Waals surface area contributed by atoms with Gasteiger partial charge in [0.05, 0.1) is 5.69 Å². The zero-order chi connectivity index (χ0) is 16.5. The Kier molecular flexibility index (Phi) is 3.76. The van der Waals surface area contributed by atoms with Gasteiger partial charge in [0.2, 0.25) is 0 Å². The van der Waals surface area contributed by atoms with Gasteiger partial charge in [0.25, 0.3) is 5.91 Å². The van der Waals surface area contributed by atoms with E-state index in [0.29, 0.717) is 11.6 Å². The van der Waals surface area contributed by atoms with Crippen LogP contribution in [0, 0.1) is 6.92 Å². The van der Waals surface area contributed by atoms with Crippen LogP contribution in [0.5, 0.6) is 0 Å². The van der Waals surface area contributed by atoms with Crippen molar-refractivity contribution >= 4 is 11.6 Å². The SMILES string of the molecule is Cc1cn2c([C@H]3CCCN(C(=O)c4ccccn4)C3)cccc2n1. The molecule has 3 aromatic rings. The highest BCUT2D eigenvalue weighted by atomic mass is 16.2. The fourth-order valence-electron chi connectivity index (χ4n) is 3.54. The maximum Gasteiger partial charge on any atom is 0.272 e. The normalized spacial score (nSPS) is 18.0. The molecule has 0 unspecified atom stereocenters. The number of carbonyl (C=O) groups excluding carboxylic acids is 1. The maximum absolute atomic E-state index is 12.7. The largest absolute Gasteiger partial charge is 0.337 e. The molecule has 1 aliphatic heterocycles. The Bertz CT molecular complexity index is 871. The van der Waals surface area contributed by atoms with Gasteiger partial charge in [-0.05, 0) is 44.0 Å². The number of imidazole rings is 1. The van der Waals surface area contributed by atoms with E-state index in [1.165, 1.54) is 5.69 Å². The Balaban J connectivity index is 1.61. The van der Waals surface area contributed by atoms with Gasteiger partial charge < -0.3 is 9.30 Å². The maximum atomic E-state index is 12.7. The van der Waals surface area contributed by atoms with Gasteiger partial charge in [-0.15, -0.1) is 0 Å². The lowest BCUT2D eigenvalue weighted by molar-refractivity contribution is 0.0699. The predicted molar refractivity (Wildman–Crippen MR) is 92.0 cm³/mol. The molecule has 122 valence electrons. The number of hydrogen-bond acceptors (Lipinski definition) is 3. The van der Waals surface area contributed by atoms with Crippen molar-refractivity contribution in [2.75, 3.05) is 13.1 Å². The van der Waals surface area contributed by atoms with E-state index in [2.05, 4.69) is 32.7 Å². The number of carbonyl (C=O) groups is 1. The van der Waals surface area contributed by atoms with E-state index in [1.807, 2.05) is 30.0 Å². The summed E-state index contributed by atoms with van der Waals surface area (Å²) in [6.45, 7) is 3.53. The molecule has 0 aromatic carbocycles. The smallest absolute Gasteiger partial charge is 0.272 e. The molecular weight excluding hydrogens is 300 g/mol. The number of aromatic nitrogens is 3. The number of fused-ring (bicyclic) bond motifs is 1. The summed E-state index contributed by atoms with van der Waals surface area (Å²) in [5.74, 6) is 0.345. The highest BCUT2D eigenvalue weighted by Crippen LogP contribution is 2.28. The zero-order valence-corrected chi connectivity index (χ0v) is 13.7. The number of pyridine rings is 2. The number of likely N-dealkylation sites (tertiary alicyclic amines) is 1. The second-order valence-corrected chi connectivity index (χ2v) is 6.37. The first-order valence-electron chi connectivity index (χ1n) is 8.37. The van der Waals surface area contributed by atoms with E-state index in [1.54, 1.807) is 12.3 Å². The first-order valence-corrected chi connectivity index (χ1v) is 8.37. The van der Waals surface area contributed by atoms with Gasteiger partial charge in [0, 0.05) is 37.1 Å².